The zero-order valence-corrected chi connectivity index (χ0v) is 11.0. The number of rotatable bonds is 4. The van der Waals surface area contributed by atoms with Gasteiger partial charge in [0.15, 0.2) is 5.78 Å². The molecule has 1 unspecified atom stereocenters. The van der Waals surface area contributed by atoms with Crippen molar-refractivity contribution in [2.45, 2.75) is 32.2 Å². The van der Waals surface area contributed by atoms with E-state index in [0.29, 0.717) is 0 Å². The van der Waals surface area contributed by atoms with Crippen molar-refractivity contribution < 1.29 is 9.72 Å². The third-order valence-corrected chi connectivity index (χ3v) is 3.68. The molecule has 5 heteroatoms. The van der Waals surface area contributed by atoms with Crippen molar-refractivity contribution in [3.05, 3.63) is 39.9 Å². The first-order valence-corrected chi connectivity index (χ1v) is 6.63. The largest absolute Gasteiger partial charge is 0.294 e. The third-order valence-electron chi connectivity index (χ3n) is 3.68. The van der Waals surface area contributed by atoms with E-state index in [-0.39, 0.29) is 23.1 Å². The van der Waals surface area contributed by atoms with Crippen LogP contribution in [-0.4, -0.2) is 34.7 Å². The highest BCUT2D eigenvalue weighted by atomic mass is 16.6. The van der Waals surface area contributed by atoms with E-state index in [1.807, 2.05) is 6.92 Å². The lowest BCUT2D eigenvalue weighted by Crippen LogP contribution is -2.42. The first kappa shape index (κ1) is 13.7. The highest BCUT2D eigenvalue weighted by Gasteiger charge is 2.28. The number of hydrogen-bond acceptors (Lipinski definition) is 4. The van der Waals surface area contributed by atoms with Gasteiger partial charge in [-0.3, -0.25) is 19.8 Å². The molecule has 0 aromatic heterocycles. The van der Waals surface area contributed by atoms with Crippen LogP contribution < -0.4 is 0 Å². The van der Waals surface area contributed by atoms with E-state index in [4.69, 9.17) is 0 Å². The van der Waals surface area contributed by atoms with Gasteiger partial charge in [-0.2, -0.15) is 0 Å². The number of carbonyl (C=O) groups excluding carboxylic acids is 1. The molecule has 0 spiro atoms. The molecule has 1 heterocycles. The topological polar surface area (TPSA) is 63.4 Å². The Kier molecular flexibility index (Phi) is 4.27. The molecule has 1 atom stereocenters. The Hall–Kier alpha value is -1.75. The Labute approximate surface area is 112 Å². The van der Waals surface area contributed by atoms with E-state index >= 15 is 0 Å². The number of hydrogen-bond donors (Lipinski definition) is 0. The minimum absolute atomic E-state index is 0.101. The number of carbonyl (C=O) groups is 1. The summed E-state index contributed by atoms with van der Waals surface area (Å²) in [5, 5.41) is 11.0. The molecule has 102 valence electrons. The highest BCUT2D eigenvalue weighted by molar-refractivity contribution is 6.03. The van der Waals surface area contributed by atoms with Crippen molar-refractivity contribution in [1.82, 2.24) is 4.90 Å². The van der Waals surface area contributed by atoms with E-state index in [1.165, 1.54) is 12.5 Å². The van der Waals surface area contributed by atoms with Gasteiger partial charge in [0, 0.05) is 6.07 Å². The second kappa shape index (κ2) is 5.93. The lowest BCUT2D eigenvalue weighted by Gasteiger charge is -2.31. The molecule has 19 heavy (non-hydrogen) atoms. The smallest absolute Gasteiger partial charge is 0.280 e. The van der Waals surface area contributed by atoms with Gasteiger partial charge < -0.3 is 0 Å². The fourth-order valence-electron chi connectivity index (χ4n) is 2.54. The number of nitro benzene ring substituents is 1. The quantitative estimate of drug-likeness (QED) is 0.475. The molecule has 1 aliphatic rings. The maximum absolute atomic E-state index is 12.4. The third kappa shape index (κ3) is 2.98. The summed E-state index contributed by atoms with van der Waals surface area (Å²) >= 11 is 0. The first-order valence-electron chi connectivity index (χ1n) is 6.63. The fourth-order valence-corrected chi connectivity index (χ4v) is 2.54. The van der Waals surface area contributed by atoms with E-state index < -0.39 is 4.92 Å². The standard InChI is InChI=1S/C14H18N2O3/c1-11(15-9-5-2-6-10-15)14(17)12-7-3-4-8-13(12)16(18)19/h3-4,7-8,11H,2,5-6,9-10H2,1H3. The lowest BCUT2D eigenvalue weighted by atomic mass is 10.00. The molecule has 0 N–H and O–H groups in total. The fraction of sp³-hybridized carbons (Fsp3) is 0.500. The number of nitro groups is 1. The van der Waals surface area contributed by atoms with Gasteiger partial charge in [-0.1, -0.05) is 18.6 Å². The van der Waals surface area contributed by atoms with Gasteiger partial charge in [-0.15, -0.1) is 0 Å². The number of para-hydroxylation sites is 1. The van der Waals surface area contributed by atoms with Crippen molar-refractivity contribution in [2.24, 2.45) is 0 Å². The molecule has 0 aliphatic carbocycles. The van der Waals surface area contributed by atoms with Crippen LogP contribution >= 0.6 is 0 Å². The highest BCUT2D eigenvalue weighted by Crippen LogP contribution is 2.22. The summed E-state index contributed by atoms with van der Waals surface area (Å²) < 4.78 is 0. The van der Waals surface area contributed by atoms with Crippen LogP contribution in [0.25, 0.3) is 0 Å². The predicted molar refractivity (Wildman–Crippen MR) is 72.3 cm³/mol. The summed E-state index contributed by atoms with van der Waals surface area (Å²) in [6, 6.07) is 5.89. The summed E-state index contributed by atoms with van der Waals surface area (Å²) in [5.74, 6) is -0.158. The van der Waals surface area contributed by atoms with Crippen molar-refractivity contribution >= 4 is 11.5 Å². The van der Waals surface area contributed by atoms with Crippen LogP contribution in [0.3, 0.4) is 0 Å². The number of nitrogens with zero attached hydrogens (tertiary/aromatic N) is 2. The van der Waals surface area contributed by atoms with Gasteiger partial charge in [0.05, 0.1) is 16.5 Å². The minimum atomic E-state index is -0.490. The molecule has 2 rings (SSSR count). The molecule has 0 amide bonds. The molecule has 0 bridgehead atoms. The molecule has 5 nitrogen and oxygen atoms in total. The van der Waals surface area contributed by atoms with E-state index in [2.05, 4.69) is 4.90 Å². The maximum Gasteiger partial charge on any atom is 0.280 e. The van der Waals surface area contributed by atoms with E-state index in [0.717, 1.165) is 25.9 Å². The van der Waals surface area contributed by atoms with E-state index in [1.54, 1.807) is 18.2 Å². The Bertz CT molecular complexity index is 481. The van der Waals surface area contributed by atoms with Crippen LogP contribution in [0.4, 0.5) is 5.69 Å². The van der Waals surface area contributed by atoms with Gasteiger partial charge in [-0.05, 0) is 38.9 Å². The summed E-state index contributed by atoms with van der Waals surface area (Å²) in [4.78, 5) is 25.0. The van der Waals surface area contributed by atoms with Crippen molar-refractivity contribution in [3.63, 3.8) is 0 Å². The number of likely N-dealkylation sites (tertiary alicyclic amines) is 1. The second-order valence-electron chi connectivity index (χ2n) is 4.91. The van der Waals surface area contributed by atoms with Gasteiger partial charge in [0.2, 0.25) is 0 Å². The normalized spacial score (nSPS) is 17.9. The Morgan fingerprint density at radius 2 is 1.89 bits per heavy atom. The number of ketones is 1. The van der Waals surface area contributed by atoms with Crippen LogP contribution in [0.2, 0.25) is 0 Å². The van der Waals surface area contributed by atoms with Crippen molar-refractivity contribution in [1.29, 1.82) is 0 Å². The average Bonchev–Trinajstić information content (AvgIpc) is 2.46. The zero-order chi connectivity index (χ0) is 13.8. The van der Waals surface area contributed by atoms with Crippen LogP contribution in [0.5, 0.6) is 0 Å². The molecule has 1 aromatic rings. The molecular weight excluding hydrogens is 244 g/mol. The first-order chi connectivity index (χ1) is 9.11. The predicted octanol–water partition coefficient (Wildman–Crippen LogP) is 2.65. The molecule has 1 aromatic carbocycles. The Balaban J connectivity index is 2.21. The summed E-state index contributed by atoms with van der Waals surface area (Å²) in [6.07, 6.45) is 3.38. The Morgan fingerprint density at radius 3 is 2.53 bits per heavy atom. The minimum Gasteiger partial charge on any atom is -0.294 e. The van der Waals surface area contributed by atoms with Crippen LogP contribution in [0, 0.1) is 10.1 Å². The van der Waals surface area contributed by atoms with Crippen LogP contribution in [-0.2, 0) is 0 Å². The van der Waals surface area contributed by atoms with Crippen LogP contribution in [0.1, 0.15) is 36.5 Å². The summed E-state index contributed by atoms with van der Waals surface area (Å²) in [5.41, 5.74) is 0.113. The lowest BCUT2D eigenvalue weighted by molar-refractivity contribution is -0.385. The summed E-state index contributed by atoms with van der Waals surface area (Å²) in [7, 11) is 0. The number of Topliss-reactive ketones (excluding diaryl/α,β-unsaturated/α-hetero) is 1. The van der Waals surface area contributed by atoms with Crippen molar-refractivity contribution in [3.8, 4) is 0 Å². The van der Waals surface area contributed by atoms with Gasteiger partial charge >= 0.3 is 0 Å². The zero-order valence-electron chi connectivity index (χ0n) is 11.0. The van der Waals surface area contributed by atoms with Crippen LogP contribution in [0.15, 0.2) is 24.3 Å². The SMILES string of the molecule is CC(C(=O)c1ccccc1[N+](=O)[O-])N1CCCCC1. The van der Waals surface area contributed by atoms with Gasteiger partial charge in [0.25, 0.3) is 5.69 Å². The molecule has 0 radical (unpaired) electrons. The van der Waals surface area contributed by atoms with Gasteiger partial charge in [0.1, 0.15) is 0 Å². The molecule has 1 fully saturated rings. The maximum atomic E-state index is 12.4. The molecular formula is C14H18N2O3. The molecule has 1 aliphatic heterocycles. The second-order valence-corrected chi connectivity index (χ2v) is 4.91. The molecule has 0 saturated carbocycles. The number of benzene rings is 1. The van der Waals surface area contributed by atoms with Gasteiger partial charge in [-0.25, -0.2) is 0 Å². The number of piperidine rings is 1. The molecule has 1 saturated heterocycles. The average molecular weight is 262 g/mol. The van der Waals surface area contributed by atoms with Crippen molar-refractivity contribution in [2.75, 3.05) is 13.1 Å². The summed E-state index contributed by atoms with van der Waals surface area (Å²) in [6.45, 7) is 3.63. The monoisotopic (exact) mass is 262 g/mol. The van der Waals surface area contributed by atoms with E-state index in [9.17, 15) is 14.9 Å². The Morgan fingerprint density at radius 1 is 1.26 bits per heavy atom.